The van der Waals surface area contributed by atoms with Gasteiger partial charge in [0.05, 0.1) is 5.52 Å². The maximum absolute atomic E-state index is 11.9. The number of fused-ring (bicyclic) bond motifs is 1. The van der Waals surface area contributed by atoms with Crippen LogP contribution in [0.1, 0.15) is 24.8 Å². The van der Waals surface area contributed by atoms with Crippen LogP contribution in [0.3, 0.4) is 0 Å². The van der Waals surface area contributed by atoms with Crippen LogP contribution in [-0.4, -0.2) is 10.9 Å². The Morgan fingerprint density at radius 1 is 1.35 bits per heavy atom. The third kappa shape index (κ3) is 3.05. The first kappa shape index (κ1) is 12.9. The summed E-state index contributed by atoms with van der Waals surface area (Å²) in [5.74, 6) is 0.541. The molecule has 0 saturated carbocycles. The van der Waals surface area contributed by atoms with E-state index in [0.717, 1.165) is 29.3 Å². The summed E-state index contributed by atoms with van der Waals surface area (Å²) in [6.07, 6.45) is 8.94. The predicted molar refractivity (Wildman–Crippen MR) is 80.1 cm³/mol. The van der Waals surface area contributed by atoms with Gasteiger partial charge in [-0.25, -0.2) is 0 Å². The Morgan fingerprint density at radius 2 is 2.25 bits per heavy atom. The second kappa shape index (κ2) is 5.87. The Morgan fingerprint density at radius 3 is 3.10 bits per heavy atom. The van der Waals surface area contributed by atoms with Crippen molar-refractivity contribution in [1.82, 2.24) is 10.3 Å². The minimum atomic E-state index is 0.120. The number of hydrogen-bond acceptors (Lipinski definition) is 2. The first-order valence-electron chi connectivity index (χ1n) is 7.08. The number of amides is 1. The fraction of sp³-hybridized carbons (Fsp3) is 0.294. The van der Waals surface area contributed by atoms with Crippen molar-refractivity contribution in [3.05, 3.63) is 54.2 Å². The summed E-state index contributed by atoms with van der Waals surface area (Å²) in [7, 11) is 0. The van der Waals surface area contributed by atoms with Crippen molar-refractivity contribution < 1.29 is 4.79 Å². The number of para-hydroxylation sites is 1. The first-order chi connectivity index (χ1) is 9.81. The molecule has 0 saturated heterocycles. The van der Waals surface area contributed by atoms with Crippen LogP contribution in [0.2, 0.25) is 0 Å². The zero-order valence-corrected chi connectivity index (χ0v) is 11.4. The average molecular weight is 266 g/mol. The van der Waals surface area contributed by atoms with Gasteiger partial charge in [0, 0.05) is 24.5 Å². The molecular formula is C17H18N2O. The van der Waals surface area contributed by atoms with Crippen molar-refractivity contribution in [3.8, 4) is 0 Å². The molecule has 1 aromatic heterocycles. The van der Waals surface area contributed by atoms with Crippen molar-refractivity contribution in [2.75, 3.05) is 0 Å². The van der Waals surface area contributed by atoms with Crippen molar-refractivity contribution in [2.24, 2.45) is 5.92 Å². The fourth-order valence-electron chi connectivity index (χ4n) is 2.59. The van der Waals surface area contributed by atoms with Crippen LogP contribution in [-0.2, 0) is 11.3 Å². The van der Waals surface area contributed by atoms with E-state index in [1.54, 1.807) is 0 Å². The lowest BCUT2D eigenvalue weighted by molar-refractivity contribution is -0.121. The maximum Gasteiger partial charge on any atom is 0.220 e. The first-order valence-corrected chi connectivity index (χ1v) is 7.08. The average Bonchev–Trinajstić information content (AvgIpc) is 2.98. The number of nitrogens with one attached hydrogen (secondary N) is 1. The van der Waals surface area contributed by atoms with Gasteiger partial charge >= 0.3 is 0 Å². The molecule has 0 radical (unpaired) electrons. The summed E-state index contributed by atoms with van der Waals surface area (Å²) in [6, 6.07) is 10.1. The number of allylic oxidation sites excluding steroid dienone is 2. The number of carbonyl (C=O) groups is 1. The van der Waals surface area contributed by atoms with E-state index in [2.05, 4.69) is 28.5 Å². The standard InChI is InChI=1S/C17H18N2O/c20-17(10-13-5-1-2-6-13)19-12-14-9-15-7-3-4-8-16(15)18-11-14/h1,3-5,7-9,11,13H,2,6,10,12H2,(H,19,20)/t13-/m1/s1. The number of hydrogen-bond donors (Lipinski definition) is 1. The van der Waals surface area contributed by atoms with E-state index in [1.165, 1.54) is 0 Å². The highest BCUT2D eigenvalue weighted by atomic mass is 16.1. The number of rotatable bonds is 4. The summed E-state index contributed by atoms with van der Waals surface area (Å²) >= 11 is 0. The van der Waals surface area contributed by atoms with Crippen LogP contribution >= 0.6 is 0 Å². The Hall–Kier alpha value is -2.16. The van der Waals surface area contributed by atoms with Crippen LogP contribution < -0.4 is 5.32 Å². The zero-order chi connectivity index (χ0) is 13.8. The maximum atomic E-state index is 11.9. The number of pyridine rings is 1. The Bertz CT molecular complexity index is 648. The Balaban J connectivity index is 1.58. The minimum absolute atomic E-state index is 0.120. The molecule has 1 aromatic carbocycles. The molecule has 3 nitrogen and oxygen atoms in total. The third-order valence-electron chi connectivity index (χ3n) is 3.70. The molecule has 0 unspecified atom stereocenters. The number of benzene rings is 1. The molecule has 2 aromatic rings. The lowest BCUT2D eigenvalue weighted by atomic mass is 10.1. The molecule has 0 bridgehead atoms. The molecule has 1 aliphatic carbocycles. The van der Waals surface area contributed by atoms with Crippen LogP contribution in [0.4, 0.5) is 0 Å². The van der Waals surface area contributed by atoms with Crippen LogP contribution in [0.5, 0.6) is 0 Å². The summed E-state index contributed by atoms with van der Waals surface area (Å²) in [6.45, 7) is 0.549. The van der Waals surface area contributed by atoms with Gasteiger partial charge in [-0.15, -0.1) is 0 Å². The molecule has 0 fully saturated rings. The molecule has 3 heteroatoms. The van der Waals surface area contributed by atoms with Gasteiger partial charge < -0.3 is 5.32 Å². The molecule has 1 N–H and O–H groups in total. The smallest absolute Gasteiger partial charge is 0.220 e. The van der Waals surface area contributed by atoms with E-state index in [4.69, 9.17) is 0 Å². The van der Waals surface area contributed by atoms with Crippen molar-refractivity contribution in [3.63, 3.8) is 0 Å². The van der Waals surface area contributed by atoms with Gasteiger partial charge in [0.15, 0.2) is 0 Å². The highest BCUT2D eigenvalue weighted by Crippen LogP contribution is 2.20. The van der Waals surface area contributed by atoms with Gasteiger partial charge in [0.25, 0.3) is 0 Å². The molecule has 1 amide bonds. The van der Waals surface area contributed by atoms with Gasteiger partial charge in [-0.3, -0.25) is 9.78 Å². The van der Waals surface area contributed by atoms with Crippen LogP contribution in [0, 0.1) is 5.92 Å². The van der Waals surface area contributed by atoms with Crippen molar-refractivity contribution in [1.29, 1.82) is 0 Å². The Kier molecular flexibility index (Phi) is 3.77. The second-order valence-electron chi connectivity index (χ2n) is 5.28. The summed E-state index contributed by atoms with van der Waals surface area (Å²) in [5, 5.41) is 4.09. The van der Waals surface area contributed by atoms with E-state index in [0.29, 0.717) is 18.9 Å². The number of carbonyl (C=O) groups excluding carboxylic acids is 1. The minimum Gasteiger partial charge on any atom is -0.352 e. The topological polar surface area (TPSA) is 42.0 Å². The number of aromatic nitrogens is 1. The molecule has 20 heavy (non-hydrogen) atoms. The van der Waals surface area contributed by atoms with Gasteiger partial charge in [-0.1, -0.05) is 30.4 Å². The second-order valence-corrected chi connectivity index (χ2v) is 5.28. The van der Waals surface area contributed by atoms with Gasteiger partial charge in [-0.05, 0) is 36.5 Å². The van der Waals surface area contributed by atoms with E-state index < -0.39 is 0 Å². The van der Waals surface area contributed by atoms with Gasteiger partial charge in [0.2, 0.25) is 5.91 Å². The lowest BCUT2D eigenvalue weighted by Crippen LogP contribution is -2.24. The van der Waals surface area contributed by atoms with Crippen LogP contribution in [0.15, 0.2) is 48.7 Å². The van der Waals surface area contributed by atoms with Crippen LogP contribution in [0.25, 0.3) is 10.9 Å². The van der Waals surface area contributed by atoms with Gasteiger partial charge in [0.1, 0.15) is 0 Å². The fourth-order valence-corrected chi connectivity index (χ4v) is 2.59. The highest BCUT2D eigenvalue weighted by Gasteiger charge is 2.13. The summed E-state index contributed by atoms with van der Waals surface area (Å²) in [5.41, 5.74) is 2.03. The highest BCUT2D eigenvalue weighted by molar-refractivity contribution is 5.79. The zero-order valence-electron chi connectivity index (χ0n) is 11.4. The quantitative estimate of drug-likeness (QED) is 0.863. The van der Waals surface area contributed by atoms with E-state index >= 15 is 0 Å². The van der Waals surface area contributed by atoms with Crippen molar-refractivity contribution >= 4 is 16.8 Å². The van der Waals surface area contributed by atoms with Crippen molar-refractivity contribution in [2.45, 2.75) is 25.8 Å². The molecular weight excluding hydrogens is 248 g/mol. The number of nitrogens with zero attached hydrogens (tertiary/aromatic N) is 1. The molecule has 1 aliphatic rings. The molecule has 1 atom stereocenters. The van der Waals surface area contributed by atoms with E-state index in [1.807, 2.05) is 30.5 Å². The molecule has 102 valence electrons. The summed E-state index contributed by atoms with van der Waals surface area (Å²) in [4.78, 5) is 16.3. The largest absolute Gasteiger partial charge is 0.352 e. The molecule has 1 heterocycles. The molecule has 0 aliphatic heterocycles. The predicted octanol–water partition coefficient (Wildman–Crippen LogP) is 3.21. The third-order valence-corrected chi connectivity index (χ3v) is 3.70. The molecule has 0 spiro atoms. The normalized spacial score (nSPS) is 17.5. The monoisotopic (exact) mass is 266 g/mol. The Labute approximate surface area is 118 Å². The van der Waals surface area contributed by atoms with E-state index in [-0.39, 0.29) is 5.91 Å². The van der Waals surface area contributed by atoms with E-state index in [9.17, 15) is 4.79 Å². The molecule has 3 rings (SSSR count). The summed E-state index contributed by atoms with van der Waals surface area (Å²) < 4.78 is 0. The SMILES string of the molecule is O=C(C[C@@H]1C=CCC1)NCc1cnc2ccccc2c1. The van der Waals surface area contributed by atoms with Gasteiger partial charge in [-0.2, -0.15) is 0 Å². The lowest BCUT2D eigenvalue weighted by Gasteiger charge is -2.09.